The van der Waals surface area contributed by atoms with Gasteiger partial charge in [0.15, 0.2) is 0 Å². The summed E-state index contributed by atoms with van der Waals surface area (Å²) in [5.41, 5.74) is 1.92. The molecule has 0 radical (unpaired) electrons. The van der Waals surface area contributed by atoms with Gasteiger partial charge in [0.05, 0.1) is 6.61 Å². The summed E-state index contributed by atoms with van der Waals surface area (Å²) in [6, 6.07) is 19.6. The van der Waals surface area contributed by atoms with Gasteiger partial charge in [-0.2, -0.15) is 0 Å². The number of rotatable bonds is 6. The minimum Gasteiger partial charge on any atom is -0.464 e. The second kappa shape index (κ2) is 9.35. The van der Waals surface area contributed by atoms with Gasteiger partial charge in [-0.15, -0.1) is 0 Å². The van der Waals surface area contributed by atoms with E-state index < -0.39 is 0 Å². The van der Waals surface area contributed by atoms with Crippen molar-refractivity contribution in [2.24, 2.45) is 0 Å². The number of hydrogen-bond donors (Lipinski definition) is 0. The number of ether oxygens (including phenoxy) is 2. The summed E-state index contributed by atoms with van der Waals surface area (Å²) in [4.78, 5) is 15.1. The Labute approximate surface area is 149 Å². The molecule has 0 saturated carbocycles. The van der Waals surface area contributed by atoms with Crippen molar-refractivity contribution in [3.8, 4) is 0 Å². The van der Waals surface area contributed by atoms with Gasteiger partial charge in [-0.05, 0) is 17.5 Å². The number of carbonyl (C=O) groups excluding carboxylic acids is 1. The summed E-state index contributed by atoms with van der Waals surface area (Å²) in [6.45, 7) is 4.64. The van der Waals surface area contributed by atoms with E-state index in [2.05, 4.69) is 4.90 Å². The van der Waals surface area contributed by atoms with Crippen LogP contribution in [-0.2, 0) is 14.3 Å². The molecular weight excluding hydrogens is 314 g/mol. The first-order valence-electron chi connectivity index (χ1n) is 8.91. The molecule has 2 aromatic carbocycles. The summed E-state index contributed by atoms with van der Waals surface area (Å²) in [7, 11) is 0. The molecule has 1 fully saturated rings. The van der Waals surface area contributed by atoms with Crippen molar-refractivity contribution >= 4 is 5.97 Å². The van der Waals surface area contributed by atoms with Crippen LogP contribution in [0.25, 0.3) is 0 Å². The Morgan fingerprint density at radius 2 is 1.60 bits per heavy atom. The zero-order valence-electron chi connectivity index (χ0n) is 14.5. The molecule has 25 heavy (non-hydrogen) atoms. The van der Waals surface area contributed by atoms with Crippen molar-refractivity contribution in [3.63, 3.8) is 0 Å². The second-order valence-corrected chi connectivity index (χ2v) is 6.23. The third kappa shape index (κ3) is 5.15. The summed E-state index contributed by atoms with van der Waals surface area (Å²) >= 11 is 0. The average Bonchev–Trinajstić information content (AvgIpc) is 2.93. The van der Waals surface area contributed by atoms with Crippen LogP contribution in [0.15, 0.2) is 60.7 Å². The van der Waals surface area contributed by atoms with Gasteiger partial charge < -0.3 is 9.47 Å². The largest absolute Gasteiger partial charge is 0.464 e. The molecule has 0 aliphatic carbocycles. The highest BCUT2D eigenvalue weighted by Crippen LogP contribution is 2.25. The Bertz CT molecular complexity index is 597. The van der Waals surface area contributed by atoms with E-state index in [9.17, 15) is 4.79 Å². The summed E-state index contributed by atoms with van der Waals surface area (Å²) in [5.74, 6) is -0.571. The molecule has 0 amide bonds. The molecule has 4 heteroatoms. The van der Waals surface area contributed by atoms with Gasteiger partial charge in [-0.25, -0.2) is 0 Å². The lowest BCUT2D eigenvalue weighted by Crippen LogP contribution is -2.31. The molecular formula is C21H25NO3. The van der Waals surface area contributed by atoms with Gasteiger partial charge in [0.2, 0.25) is 0 Å². The average molecular weight is 339 g/mol. The molecule has 1 aliphatic rings. The third-order valence-corrected chi connectivity index (χ3v) is 4.47. The van der Waals surface area contributed by atoms with E-state index >= 15 is 0 Å². The van der Waals surface area contributed by atoms with Crippen LogP contribution in [-0.4, -0.2) is 50.3 Å². The van der Waals surface area contributed by atoms with Gasteiger partial charge in [-0.3, -0.25) is 9.69 Å². The first-order valence-corrected chi connectivity index (χ1v) is 8.91. The highest BCUT2D eigenvalue weighted by atomic mass is 16.5. The van der Waals surface area contributed by atoms with Crippen molar-refractivity contribution < 1.29 is 14.3 Å². The number of carbonyl (C=O) groups is 1. The molecule has 2 aromatic rings. The predicted molar refractivity (Wildman–Crippen MR) is 97.6 cm³/mol. The van der Waals surface area contributed by atoms with Crippen molar-refractivity contribution in [1.29, 1.82) is 0 Å². The van der Waals surface area contributed by atoms with E-state index in [-0.39, 0.29) is 11.9 Å². The van der Waals surface area contributed by atoms with Crippen LogP contribution in [0.1, 0.15) is 23.5 Å². The highest BCUT2D eigenvalue weighted by molar-refractivity contribution is 5.82. The van der Waals surface area contributed by atoms with Crippen molar-refractivity contribution in [2.75, 3.05) is 39.5 Å². The molecule has 1 saturated heterocycles. The van der Waals surface area contributed by atoms with E-state index in [0.29, 0.717) is 6.61 Å². The van der Waals surface area contributed by atoms with E-state index in [1.807, 2.05) is 60.7 Å². The van der Waals surface area contributed by atoms with Gasteiger partial charge >= 0.3 is 5.97 Å². The predicted octanol–water partition coefficient (Wildman–Crippen LogP) is 3.08. The fourth-order valence-corrected chi connectivity index (χ4v) is 3.14. The van der Waals surface area contributed by atoms with Crippen LogP contribution in [0.4, 0.5) is 0 Å². The monoisotopic (exact) mass is 339 g/mol. The molecule has 0 unspecified atom stereocenters. The zero-order valence-corrected chi connectivity index (χ0v) is 14.5. The molecule has 1 aliphatic heterocycles. The van der Waals surface area contributed by atoms with Gasteiger partial charge in [0.25, 0.3) is 0 Å². The van der Waals surface area contributed by atoms with E-state index in [0.717, 1.165) is 50.4 Å². The fraction of sp³-hybridized carbons (Fsp3) is 0.381. The Balaban J connectivity index is 1.63. The maximum atomic E-state index is 12.8. The normalized spacial score (nSPS) is 15.7. The van der Waals surface area contributed by atoms with Gasteiger partial charge in [0.1, 0.15) is 12.5 Å². The lowest BCUT2D eigenvalue weighted by atomic mass is 9.91. The number of esters is 1. The lowest BCUT2D eigenvalue weighted by Gasteiger charge is -2.21. The maximum Gasteiger partial charge on any atom is 0.317 e. The number of benzene rings is 2. The smallest absolute Gasteiger partial charge is 0.317 e. The van der Waals surface area contributed by atoms with E-state index in [1.54, 1.807) is 0 Å². The summed E-state index contributed by atoms with van der Waals surface area (Å²) in [5, 5.41) is 0. The number of hydrogen-bond acceptors (Lipinski definition) is 4. The summed E-state index contributed by atoms with van der Waals surface area (Å²) < 4.78 is 11.1. The van der Waals surface area contributed by atoms with Crippen LogP contribution in [0, 0.1) is 0 Å². The van der Waals surface area contributed by atoms with Crippen molar-refractivity contribution in [2.45, 2.75) is 12.3 Å². The minimum atomic E-state index is -0.380. The molecule has 3 rings (SSSR count). The van der Waals surface area contributed by atoms with Gasteiger partial charge in [-0.1, -0.05) is 60.7 Å². The minimum absolute atomic E-state index is 0.191. The molecule has 132 valence electrons. The Morgan fingerprint density at radius 3 is 2.24 bits per heavy atom. The molecule has 0 spiro atoms. The van der Waals surface area contributed by atoms with Crippen LogP contribution < -0.4 is 0 Å². The fourth-order valence-electron chi connectivity index (χ4n) is 3.14. The quantitative estimate of drug-likeness (QED) is 0.758. The Hall–Kier alpha value is -2.17. The first-order chi connectivity index (χ1) is 12.3. The standard InChI is InChI=1S/C21H25NO3/c23-21(25-17-14-22-12-7-15-24-16-13-22)20(18-8-3-1-4-9-18)19-10-5-2-6-11-19/h1-6,8-11,20H,7,12-17H2. The molecule has 0 bridgehead atoms. The Morgan fingerprint density at radius 1 is 0.960 bits per heavy atom. The van der Waals surface area contributed by atoms with Crippen LogP contribution >= 0.6 is 0 Å². The van der Waals surface area contributed by atoms with Crippen LogP contribution in [0.2, 0.25) is 0 Å². The summed E-state index contributed by atoms with van der Waals surface area (Å²) in [6.07, 6.45) is 1.03. The molecule has 0 aromatic heterocycles. The van der Waals surface area contributed by atoms with Crippen molar-refractivity contribution in [1.82, 2.24) is 4.90 Å². The lowest BCUT2D eigenvalue weighted by molar-refractivity contribution is -0.144. The maximum absolute atomic E-state index is 12.8. The van der Waals surface area contributed by atoms with Crippen LogP contribution in [0.5, 0.6) is 0 Å². The van der Waals surface area contributed by atoms with E-state index in [1.165, 1.54) is 0 Å². The second-order valence-electron chi connectivity index (χ2n) is 6.23. The van der Waals surface area contributed by atoms with Gasteiger partial charge in [0, 0.05) is 26.2 Å². The van der Waals surface area contributed by atoms with Crippen molar-refractivity contribution in [3.05, 3.63) is 71.8 Å². The number of nitrogens with zero attached hydrogens (tertiary/aromatic N) is 1. The topological polar surface area (TPSA) is 38.8 Å². The molecule has 4 nitrogen and oxygen atoms in total. The highest BCUT2D eigenvalue weighted by Gasteiger charge is 2.24. The molecule has 1 heterocycles. The first kappa shape index (κ1) is 17.6. The third-order valence-electron chi connectivity index (χ3n) is 4.47. The zero-order chi connectivity index (χ0) is 17.3. The Kier molecular flexibility index (Phi) is 6.60. The SMILES string of the molecule is O=C(OCCN1CCCOCC1)C(c1ccccc1)c1ccccc1. The van der Waals surface area contributed by atoms with E-state index in [4.69, 9.17) is 9.47 Å². The molecule has 0 atom stereocenters. The molecule has 0 N–H and O–H groups in total. The van der Waals surface area contributed by atoms with Crippen LogP contribution in [0.3, 0.4) is 0 Å².